The molecule has 0 radical (unpaired) electrons. The summed E-state index contributed by atoms with van der Waals surface area (Å²) in [6.07, 6.45) is 3.99. The number of hydrogen-bond donors (Lipinski definition) is 1. The molecule has 26 heavy (non-hydrogen) atoms. The minimum absolute atomic E-state index is 0.106. The zero-order valence-electron chi connectivity index (χ0n) is 15.0. The summed E-state index contributed by atoms with van der Waals surface area (Å²) in [5, 5.41) is 3.41. The fourth-order valence-corrected chi connectivity index (χ4v) is 4.60. The van der Waals surface area contributed by atoms with Crippen LogP contribution in [0.25, 0.3) is 0 Å². The maximum absolute atomic E-state index is 12.3. The van der Waals surface area contributed by atoms with E-state index in [0.717, 1.165) is 31.2 Å². The van der Waals surface area contributed by atoms with Crippen LogP contribution in [-0.4, -0.2) is 25.6 Å². The first-order valence-corrected chi connectivity index (χ1v) is 9.64. The smallest absolute Gasteiger partial charge is 0.341 e. The van der Waals surface area contributed by atoms with Gasteiger partial charge in [-0.3, -0.25) is 4.79 Å². The SMILES string of the molecule is CC[C@@H]1CCc2c(sc(NC(=O)COc3ccccc3)c2C(=O)OC)C1. The lowest BCUT2D eigenvalue weighted by atomic mass is 9.86. The number of para-hydroxylation sites is 1. The van der Waals surface area contributed by atoms with Gasteiger partial charge < -0.3 is 14.8 Å². The first-order chi connectivity index (χ1) is 12.6. The van der Waals surface area contributed by atoms with E-state index in [1.165, 1.54) is 23.3 Å². The molecule has 1 aliphatic rings. The van der Waals surface area contributed by atoms with Gasteiger partial charge in [-0.15, -0.1) is 11.3 Å². The summed E-state index contributed by atoms with van der Waals surface area (Å²) in [4.78, 5) is 25.8. The van der Waals surface area contributed by atoms with Crippen LogP contribution in [0, 0.1) is 5.92 Å². The normalized spacial score (nSPS) is 15.8. The molecule has 0 saturated heterocycles. The fourth-order valence-electron chi connectivity index (χ4n) is 3.24. The molecule has 1 aromatic heterocycles. The Balaban J connectivity index is 1.75. The lowest BCUT2D eigenvalue weighted by Gasteiger charge is -2.20. The minimum atomic E-state index is -0.392. The number of esters is 1. The number of rotatable bonds is 6. The molecule has 1 N–H and O–H groups in total. The highest BCUT2D eigenvalue weighted by Gasteiger charge is 2.29. The molecule has 0 spiro atoms. The van der Waals surface area contributed by atoms with Gasteiger partial charge in [-0.05, 0) is 42.9 Å². The molecule has 0 unspecified atom stereocenters. The second-order valence-corrected chi connectivity index (χ2v) is 7.47. The highest BCUT2D eigenvalue weighted by molar-refractivity contribution is 7.17. The van der Waals surface area contributed by atoms with Crippen molar-refractivity contribution in [1.29, 1.82) is 0 Å². The molecule has 6 heteroatoms. The molecule has 3 rings (SSSR count). The van der Waals surface area contributed by atoms with Crippen molar-refractivity contribution >= 4 is 28.2 Å². The molecule has 1 amide bonds. The van der Waals surface area contributed by atoms with Crippen LogP contribution >= 0.6 is 11.3 Å². The Kier molecular flexibility index (Phi) is 5.93. The Morgan fingerprint density at radius 3 is 2.73 bits per heavy atom. The number of nitrogens with one attached hydrogen (secondary N) is 1. The third-order valence-electron chi connectivity index (χ3n) is 4.70. The van der Waals surface area contributed by atoms with E-state index in [1.54, 1.807) is 12.1 Å². The summed E-state index contributed by atoms with van der Waals surface area (Å²) in [6.45, 7) is 2.08. The third-order valence-corrected chi connectivity index (χ3v) is 5.87. The maximum atomic E-state index is 12.3. The molecule has 0 bridgehead atoms. The van der Waals surface area contributed by atoms with Crippen LogP contribution in [0.2, 0.25) is 0 Å². The van der Waals surface area contributed by atoms with Crippen molar-refractivity contribution < 1.29 is 19.1 Å². The van der Waals surface area contributed by atoms with Gasteiger partial charge in [0.2, 0.25) is 0 Å². The number of amides is 1. The predicted molar refractivity (Wildman–Crippen MR) is 102 cm³/mol. The number of anilines is 1. The largest absolute Gasteiger partial charge is 0.484 e. The quantitative estimate of drug-likeness (QED) is 0.776. The molecule has 0 fully saturated rings. The number of ether oxygens (including phenoxy) is 2. The van der Waals surface area contributed by atoms with Crippen LogP contribution in [0.4, 0.5) is 5.00 Å². The Morgan fingerprint density at radius 1 is 1.27 bits per heavy atom. The molecule has 0 saturated carbocycles. The zero-order valence-corrected chi connectivity index (χ0v) is 15.9. The molecule has 138 valence electrons. The molecule has 2 aromatic rings. The summed E-state index contributed by atoms with van der Waals surface area (Å²) in [5.74, 6) is 0.588. The Labute approximate surface area is 157 Å². The predicted octanol–water partition coefficient (Wildman–Crippen LogP) is 4.07. The van der Waals surface area contributed by atoms with Crippen molar-refractivity contribution in [3.8, 4) is 5.75 Å². The minimum Gasteiger partial charge on any atom is -0.484 e. The molecule has 1 aromatic carbocycles. The first-order valence-electron chi connectivity index (χ1n) is 8.82. The van der Waals surface area contributed by atoms with E-state index in [0.29, 0.717) is 22.2 Å². The van der Waals surface area contributed by atoms with Crippen molar-refractivity contribution in [3.05, 3.63) is 46.3 Å². The van der Waals surface area contributed by atoms with Gasteiger partial charge in [-0.25, -0.2) is 4.79 Å². The van der Waals surface area contributed by atoms with E-state index in [9.17, 15) is 9.59 Å². The van der Waals surface area contributed by atoms with Crippen LogP contribution in [0.1, 0.15) is 40.6 Å². The number of fused-ring (bicyclic) bond motifs is 1. The number of hydrogen-bond acceptors (Lipinski definition) is 5. The third kappa shape index (κ3) is 4.07. The van der Waals surface area contributed by atoms with Crippen molar-refractivity contribution in [2.45, 2.75) is 32.6 Å². The average Bonchev–Trinajstić information content (AvgIpc) is 3.03. The van der Waals surface area contributed by atoms with E-state index >= 15 is 0 Å². The van der Waals surface area contributed by atoms with E-state index in [2.05, 4.69) is 12.2 Å². The van der Waals surface area contributed by atoms with Crippen LogP contribution in [0.5, 0.6) is 5.75 Å². The Hall–Kier alpha value is -2.34. The molecule has 1 heterocycles. The van der Waals surface area contributed by atoms with Crippen LogP contribution in [0.15, 0.2) is 30.3 Å². The van der Waals surface area contributed by atoms with Crippen molar-refractivity contribution in [2.24, 2.45) is 5.92 Å². The molecule has 0 aliphatic heterocycles. The molecular weight excluding hydrogens is 350 g/mol. The Bertz CT molecular complexity index is 785. The van der Waals surface area contributed by atoms with Gasteiger partial charge in [0.05, 0.1) is 12.7 Å². The first kappa shape index (κ1) is 18.5. The highest BCUT2D eigenvalue weighted by atomic mass is 32.1. The van der Waals surface area contributed by atoms with Crippen LogP contribution in [-0.2, 0) is 22.4 Å². The zero-order chi connectivity index (χ0) is 18.5. The maximum Gasteiger partial charge on any atom is 0.341 e. The molecule has 5 nitrogen and oxygen atoms in total. The standard InChI is InChI=1S/C20H23NO4S/c1-3-13-9-10-15-16(11-13)26-19(18(15)20(23)24-2)21-17(22)12-25-14-7-5-4-6-8-14/h4-8,13H,3,9-12H2,1-2H3,(H,21,22)/t13-/m1/s1. The lowest BCUT2D eigenvalue weighted by Crippen LogP contribution is -2.21. The lowest BCUT2D eigenvalue weighted by molar-refractivity contribution is -0.118. The van der Waals surface area contributed by atoms with Gasteiger partial charge >= 0.3 is 5.97 Å². The van der Waals surface area contributed by atoms with E-state index < -0.39 is 5.97 Å². The monoisotopic (exact) mass is 373 g/mol. The topological polar surface area (TPSA) is 64.6 Å². The number of thiophene rings is 1. The summed E-state index contributed by atoms with van der Waals surface area (Å²) in [7, 11) is 1.37. The van der Waals surface area contributed by atoms with Crippen molar-refractivity contribution in [2.75, 3.05) is 19.0 Å². The van der Waals surface area contributed by atoms with Crippen LogP contribution < -0.4 is 10.1 Å². The summed E-state index contributed by atoms with van der Waals surface area (Å²) in [5.41, 5.74) is 1.54. The second kappa shape index (κ2) is 8.36. The fraction of sp³-hybridized carbons (Fsp3) is 0.400. The Morgan fingerprint density at radius 2 is 2.04 bits per heavy atom. The summed E-state index contributed by atoms with van der Waals surface area (Å²) >= 11 is 1.49. The van der Waals surface area contributed by atoms with Crippen molar-refractivity contribution in [3.63, 3.8) is 0 Å². The van der Waals surface area contributed by atoms with Gasteiger partial charge in [0.1, 0.15) is 10.8 Å². The molecular formula is C20H23NO4S. The van der Waals surface area contributed by atoms with E-state index in [1.807, 2.05) is 18.2 Å². The highest BCUT2D eigenvalue weighted by Crippen LogP contribution is 2.40. The molecule has 1 atom stereocenters. The van der Waals surface area contributed by atoms with Gasteiger partial charge in [0.25, 0.3) is 5.91 Å². The number of methoxy groups -OCH3 is 1. The van der Waals surface area contributed by atoms with Crippen LogP contribution in [0.3, 0.4) is 0 Å². The van der Waals surface area contributed by atoms with E-state index in [4.69, 9.17) is 9.47 Å². The summed E-state index contributed by atoms with van der Waals surface area (Å²) < 4.78 is 10.4. The second-order valence-electron chi connectivity index (χ2n) is 6.37. The van der Waals surface area contributed by atoms with Gasteiger partial charge in [-0.2, -0.15) is 0 Å². The van der Waals surface area contributed by atoms with E-state index in [-0.39, 0.29) is 12.5 Å². The average molecular weight is 373 g/mol. The van der Waals surface area contributed by atoms with Crippen molar-refractivity contribution in [1.82, 2.24) is 0 Å². The number of carbonyl (C=O) groups is 2. The number of carbonyl (C=O) groups excluding carboxylic acids is 2. The van der Waals surface area contributed by atoms with Gasteiger partial charge in [0.15, 0.2) is 6.61 Å². The van der Waals surface area contributed by atoms with Gasteiger partial charge in [-0.1, -0.05) is 31.5 Å². The molecule has 1 aliphatic carbocycles. The number of benzene rings is 1. The van der Waals surface area contributed by atoms with Gasteiger partial charge in [0, 0.05) is 4.88 Å². The summed E-state index contributed by atoms with van der Waals surface area (Å²) in [6, 6.07) is 9.17.